The number of hydrogen-bond acceptors (Lipinski definition) is 5. The summed E-state index contributed by atoms with van der Waals surface area (Å²) in [5.41, 5.74) is 3.15. The summed E-state index contributed by atoms with van der Waals surface area (Å²) < 4.78 is 21.4. The van der Waals surface area contributed by atoms with Crippen LogP contribution in [0, 0.1) is 0 Å². The third-order valence-corrected chi connectivity index (χ3v) is 4.78. The van der Waals surface area contributed by atoms with Gasteiger partial charge in [0.25, 0.3) is 0 Å². The van der Waals surface area contributed by atoms with Gasteiger partial charge in [0, 0.05) is 22.3 Å². The predicted octanol–water partition coefficient (Wildman–Crippen LogP) is 4.55. The number of rotatable bonds is 6. The lowest BCUT2D eigenvalue weighted by Gasteiger charge is -2.08. The van der Waals surface area contributed by atoms with Crippen LogP contribution in [-0.4, -0.2) is 34.2 Å². The molecule has 0 N–H and O–H groups in total. The maximum absolute atomic E-state index is 12.9. The Bertz CT molecular complexity index is 865. The number of hydrogen-bond donors (Lipinski definition) is 0. The molecule has 0 unspecified atom stereocenters. The SMILES string of the molecule is COc1ccc(OC)c(/C=C2\CC/C(=C\c3cc(OC)ccc3OC)C2=O)c1. The lowest BCUT2D eigenvalue weighted by molar-refractivity contribution is -0.111. The number of ether oxygens (including phenoxy) is 4. The van der Waals surface area contributed by atoms with Crippen molar-refractivity contribution in [2.45, 2.75) is 12.8 Å². The van der Waals surface area contributed by atoms with Crippen LogP contribution in [0.2, 0.25) is 0 Å². The molecule has 1 saturated carbocycles. The molecule has 1 fully saturated rings. The molecule has 5 heteroatoms. The van der Waals surface area contributed by atoms with Crippen LogP contribution in [-0.2, 0) is 4.79 Å². The van der Waals surface area contributed by atoms with Crippen molar-refractivity contribution in [2.24, 2.45) is 0 Å². The average molecular weight is 380 g/mol. The zero-order chi connectivity index (χ0) is 20.1. The Labute approximate surface area is 165 Å². The lowest BCUT2D eigenvalue weighted by Crippen LogP contribution is -1.97. The van der Waals surface area contributed by atoms with Crippen molar-refractivity contribution in [2.75, 3.05) is 28.4 Å². The maximum atomic E-state index is 12.9. The van der Waals surface area contributed by atoms with Crippen LogP contribution >= 0.6 is 0 Å². The highest BCUT2D eigenvalue weighted by atomic mass is 16.5. The third-order valence-electron chi connectivity index (χ3n) is 4.78. The summed E-state index contributed by atoms with van der Waals surface area (Å²) in [6.07, 6.45) is 5.12. The lowest BCUT2D eigenvalue weighted by atomic mass is 10.1. The minimum atomic E-state index is 0.0368. The first-order valence-electron chi connectivity index (χ1n) is 8.99. The molecule has 0 bridgehead atoms. The van der Waals surface area contributed by atoms with E-state index in [4.69, 9.17) is 18.9 Å². The molecule has 2 aromatic carbocycles. The van der Waals surface area contributed by atoms with Gasteiger partial charge < -0.3 is 18.9 Å². The van der Waals surface area contributed by atoms with Gasteiger partial charge in [-0.05, 0) is 61.4 Å². The fourth-order valence-electron chi connectivity index (χ4n) is 3.26. The molecule has 28 heavy (non-hydrogen) atoms. The second kappa shape index (κ2) is 8.65. The van der Waals surface area contributed by atoms with E-state index in [1.807, 2.05) is 48.6 Å². The van der Waals surface area contributed by atoms with Crippen LogP contribution in [0.15, 0.2) is 47.5 Å². The molecule has 0 atom stereocenters. The molecule has 0 aliphatic heterocycles. The highest BCUT2D eigenvalue weighted by Gasteiger charge is 2.24. The Morgan fingerprint density at radius 2 is 1.11 bits per heavy atom. The fraction of sp³-hybridized carbons (Fsp3) is 0.261. The molecule has 3 rings (SSSR count). The van der Waals surface area contributed by atoms with Gasteiger partial charge in [-0.3, -0.25) is 4.79 Å². The van der Waals surface area contributed by atoms with Gasteiger partial charge in [-0.1, -0.05) is 0 Å². The van der Waals surface area contributed by atoms with E-state index < -0.39 is 0 Å². The molecule has 146 valence electrons. The van der Waals surface area contributed by atoms with E-state index in [1.165, 1.54) is 0 Å². The van der Waals surface area contributed by atoms with Gasteiger partial charge in [0.05, 0.1) is 28.4 Å². The Balaban J connectivity index is 1.94. The molecule has 0 saturated heterocycles. The monoisotopic (exact) mass is 380 g/mol. The minimum Gasteiger partial charge on any atom is -0.497 e. The van der Waals surface area contributed by atoms with Crippen molar-refractivity contribution in [3.8, 4) is 23.0 Å². The molecule has 1 aliphatic rings. The molecular weight excluding hydrogens is 356 g/mol. The van der Waals surface area contributed by atoms with Gasteiger partial charge in [-0.2, -0.15) is 0 Å². The molecule has 0 heterocycles. The Kier molecular flexibility index (Phi) is 6.04. The molecule has 1 aliphatic carbocycles. The van der Waals surface area contributed by atoms with Crippen molar-refractivity contribution in [3.05, 3.63) is 58.7 Å². The van der Waals surface area contributed by atoms with E-state index in [0.717, 1.165) is 33.8 Å². The predicted molar refractivity (Wildman–Crippen MR) is 109 cm³/mol. The van der Waals surface area contributed by atoms with E-state index in [9.17, 15) is 4.79 Å². The van der Waals surface area contributed by atoms with E-state index >= 15 is 0 Å². The van der Waals surface area contributed by atoms with Crippen LogP contribution in [0.1, 0.15) is 24.0 Å². The van der Waals surface area contributed by atoms with Gasteiger partial charge in [0.2, 0.25) is 0 Å². The van der Waals surface area contributed by atoms with Crippen LogP contribution in [0.4, 0.5) is 0 Å². The molecule has 0 aromatic heterocycles. The van der Waals surface area contributed by atoms with Crippen LogP contribution in [0.3, 0.4) is 0 Å². The second-order valence-electron chi connectivity index (χ2n) is 6.38. The summed E-state index contributed by atoms with van der Waals surface area (Å²) in [7, 11) is 6.45. The summed E-state index contributed by atoms with van der Waals surface area (Å²) in [5, 5.41) is 0. The van der Waals surface area contributed by atoms with E-state index in [0.29, 0.717) is 24.3 Å². The van der Waals surface area contributed by atoms with Gasteiger partial charge in [-0.25, -0.2) is 0 Å². The van der Waals surface area contributed by atoms with E-state index in [2.05, 4.69) is 0 Å². The average Bonchev–Trinajstić information content (AvgIpc) is 3.07. The Morgan fingerprint density at radius 3 is 1.46 bits per heavy atom. The summed E-state index contributed by atoms with van der Waals surface area (Å²) in [4.78, 5) is 12.9. The quantitative estimate of drug-likeness (QED) is 0.688. The normalized spacial score (nSPS) is 16.5. The Hall–Kier alpha value is -3.21. The number of carbonyl (C=O) groups is 1. The summed E-state index contributed by atoms with van der Waals surface area (Å²) in [6, 6.07) is 11.1. The summed E-state index contributed by atoms with van der Waals surface area (Å²) in [5.74, 6) is 2.88. The number of methoxy groups -OCH3 is 4. The van der Waals surface area contributed by atoms with Crippen molar-refractivity contribution in [3.63, 3.8) is 0 Å². The van der Waals surface area contributed by atoms with Crippen LogP contribution < -0.4 is 18.9 Å². The number of benzene rings is 2. The third kappa shape index (κ3) is 4.03. The number of carbonyl (C=O) groups excluding carboxylic acids is 1. The number of allylic oxidation sites excluding steroid dienone is 2. The largest absolute Gasteiger partial charge is 0.497 e. The van der Waals surface area contributed by atoms with Crippen molar-refractivity contribution >= 4 is 17.9 Å². The molecule has 0 amide bonds. The molecule has 2 aromatic rings. The van der Waals surface area contributed by atoms with E-state index in [-0.39, 0.29) is 5.78 Å². The number of Topliss-reactive ketones (excluding diaryl/α,β-unsaturated/α-hetero) is 1. The molecule has 5 nitrogen and oxygen atoms in total. The van der Waals surface area contributed by atoms with Crippen molar-refractivity contribution in [1.82, 2.24) is 0 Å². The topological polar surface area (TPSA) is 54.0 Å². The maximum Gasteiger partial charge on any atom is 0.185 e. The van der Waals surface area contributed by atoms with Gasteiger partial charge in [0.15, 0.2) is 5.78 Å². The standard InChI is InChI=1S/C23H24O5/c1-25-19-7-9-21(27-3)17(13-19)11-15-5-6-16(23(15)24)12-18-14-20(26-2)8-10-22(18)28-4/h7-14H,5-6H2,1-4H3/b15-11+,16-12+. The fourth-order valence-corrected chi connectivity index (χ4v) is 3.26. The Morgan fingerprint density at radius 1 is 0.679 bits per heavy atom. The van der Waals surface area contributed by atoms with Crippen LogP contribution in [0.5, 0.6) is 23.0 Å². The molecule has 0 radical (unpaired) electrons. The molecule has 0 spiro atoms. The zero-order valence-corrected chi connectivity index (χ0v) is 16.6. The number of ketones is 1. The van der Waals surface area contributed by atoms with Crippen LogP contribution in [0.25, 0.3) is 12.2 Å². The van der Waals surface area contributed by atoms with Crippen molar-refractivity contribution < 1.29 is 23.7 Å². The zero-order valence-electron chi connectivity index (χ0n) is 16.6. The summed E-state index contributed by atoms with van der Waals surface area (Å²) >= 11 is 0. The van der Waals surface area contributed by atoms with E-state index in [1.54, 1.807) is 28.4 Å². The van der Waals surface area contributed by atoms with Gasteiger partial charge in [-0.15, -0.1) is 0 Å². The highest BCUT2D eigenvalue weighted by Crippen LogP contribution is 2.34. The van der Waals surface area contributed by atoms with Gasteiger partial charge >= 0.3 is 0 Å². The second-order valence-corrected chi connectivity index (χ2v) is 6.38. The minimum absolute atomic E-state index is 0.0368. The first-order chi connectivity index (χ1) is 13.6. The first-order valence-corrected chi connectivity index (χ1v) is 8.99. The van der Waals surface area contributed by atoms with Gasteiger partial charge in [0.1, 0.15) is 23.0 Å². The highest BCUT2D eigenvalue weighted by molar-refractivity contribution is 6.15. The smallest absolute Gasteiger partial charge is 0.185 e. The van der Waals surface area contributed by atoms with Crippen molar-refractivity contribution in [1.29, 1.82) is 0 Å². The first kappa shape index (κ1) is 19.5. The summed E-state index contributed by atoms with van der Waals surface area (Å²) in [6.45, 7) is 0. The molecular formula is C23H24O5.